The van der Waals surface area contributed by atoms with E-state index in [2.05, 4.69) is 5.32 Å². The average Bonchev–Trinajstić information content (AvgIpc) is 2.86. The number of nitrogens with one attached hydrogen (secondary N) is 1. The van der Waals surface area contributed by atoms with Crippen LogP contribution in [0.5, 0.6) is 0 Å². The molecule has 0 aliphatic rings. The van der Waals surface area contributed by atoms with Crippen molar-refractivity contribution in [2.75, 3.05) is 17.9 Å². The van der Waals surface area contributed by atoms with Crippen molar-refractivity contribution in [3.05, 3.63) is 94.5 Å². The molecule has 1 N–H and O–H groups in total. The predicted molar refractivity (Wildman–Crippen MR) is 138 cm³/mol. The minimum atomic E-state index is -4.18. The molecule has 184 valence electrons. The summed E-state index contributed by atoms with van der Waals surface area (Å²) in [6, 6.07) is 20.4. The zero-order valence-corrected chi connectivity index (χ0v) is 21.5. The van der Waals surface area contributed by atoms with E-state index in [-0.39, 0.29) is 28.1 Å². The van der Waals surface area contributed by atoms with Gasteiger partial charge in [-0.05, 0) is 42.8 Å². The monoisotopic (exact) mass is 533 g/mol. The number of amides is 2. The van der Waals surface area contributed by atoms with Crippen molar-refractivity contribution in [1.82, 2.24) is 10.2 Å². The van der Waals surface area contributed by atoms with Gasteiger partial charge in [-0.25, -0.2) is 8.42 Å². The van der Waals surface area contributed by atoms with Crippen LogP contribution in [0.2, 0.25) is 10.0 Å². The minimum Gasteiger partial charge on any atom is -0.357 e. The van der Waals surface area contributed by atoms with E-state index in [1.165, 1.54) is 42.3 Å². The van der Waals surface area contributed by atoms with Gasteiger partial charge < -0.3 is 10.2 Å². The highest BCUT2D eigenvalue weighted by Gasteiger charge is 2.33. The van der Waals surface area contributed by atoms with Gasteiger partial charge in [0, 0.05) is 18.6 Å². The van der Waals surface area contributed by atoms with Gasteiger partial charge in [-0.3, -0.25) is 13.9 Å². The molecule has 2 amide bonds. The second kappa shape index (κ2) is 11.6. The number of nitrogens with zero attached hydrogens (tertiary/aromatic N) is 2. The molecule has 0 fully saturated rings. The number of benzene rings is 3. The lowest BCUT2D eigenvalue weighted by Crippen LogP contribution is -2.50. The number of rotatable bonds is 9. The van der Waals surface area contributed by atoms with Crippen LogP contribution in [0.3, 0.4) is 0 Å². The van der Waals surface area contributed by atoms with E-state index < -0.39 is 28.5 Å². The largest absolute Gasteiger partial charge is 0.357 e. The fourth-order valence-corrected chi connectivity index (χ4v) is 5.50. The van der Waals surface area contributed by atoms with Crippen LogP contribution in [0.4, 0.5) is 5.69 Å². The maximum Gasteiger partial charge on any atom is 0.264 e. The molecule has 0 spiro atoms. The number of carbonyl (C=O) groups is 2. The molecular weight excluding hydrogens is 509 g/mol. The van der Waals surface area contributed by atoms with Gasteiger partial charge in [-0.2, -0.15) is 0 Å². The van der Waals surface area contributed by atoms with E-state index in [0.29, 0.717) is 5.02 Å². The number of carbonyl (C=O) groups excluding carboxylic acids is 2. The van der Waals surface area contributed by atoms with E-state index >= 15 is 0 Å². The molecule has 0 bridgehead atoms. The Kier molecular flexibility index (Phi) is 8.77. The molecular formula is C25H25Cl2N3O4S. The van der Waals surface area contributed by atoms with Crippen LogP contribution < -0.4 is 9.62 Å². The van der Waals surface area contributed by atoms with Gasteiger partial charge in [-0.1, -0.05) is 71.7 Å². The quantitative estimate of drug-likeness (QED) is 0.442. The number of sulfonamides is 1. The third-order valence-corrected chi connectivity index (χ3v) is 7.71. The highest BCUT2D eigenvalue weighted by Crippen LogP contribution is 2.33. The summed E-state index contributed by atoms with van der Waals surface area (Å²) >= 11 is 12.4. The Bertz CT molecular complexity index is 1290. The molecule has 0 heterocycles. The molecule has 3 rings (SSSR count). The fraction of sp³-hybridized carbons (Fsp3) is 0.200. The van der Waals surface area contributed by atoms with E-state index in [0.717, 1.165) is 9.87 Å². The van der Waals surface area contributed by atoms with Gasteiger partial charge >= 0.3 is 0 Å². The molecule has 7 nitrogen and oxygen atoms in total. The van der Waals surface area contributed by atoms with Gasteiger partial charge in [-0.15, -0.1) is 0 Å². The van der Waals surface area contributed by atoms with Gasteiger partial charge in [0.2, 0.25) is 11.8 Å². The van der Waals surface area contributed by atoms with Crippen molar-refractivity contribution in [3.8, 4) is 0 Å². The fourth-order valence-electron chi connectivity index (χ4n) is 3.49. The molecule has 3 aromatic carbocycles. The molecule has 0 aliphatic heterocycles. The van der Waals surface area contributed by atoms with Crippen LogP contribution in [0.25, 0.3) is 0 Å². The molecule has 0 aromatic heterocycles. The normalized spacial score (nSPS) is 12.0. The number of hydrogen-bond donors (Lipinski definition) is 1. The Hall–Kier alpha value is -3.07. The van der Waals surface area contributed by atoms with Crippen molar-refractivity contribution in [3.63, 3.8) is 0 Å². The first-order valence-corrected chi connectivity index (χ1v) is 12.9. The van der Waals surface area contributed by atoms with Crippen molar-refractivity contribution in [2.45, 2.75) is 24.4 Å². The Labute approximate surface area is 215 Å². The maximum atomic E-state index is 13.6. The van der Waals surface area contributed by atoms with Gasteiger partial charge in [0.05, 0.1) is 15.6 Å². The van der Waals surface area contributed by atoms with E-state index in [4.69, 9.17) is 23.2 Å². The summed E-state index contributed by atoms with van der Waals surface area (Å²) in [7, 11) is -2.71. The molecule has 0 radical (unpaired) electrons. The second-order valence-electron chi connectivity index (χ2n) is 7.72. The first-order valence-electron chi connectivity index (χ1n) is 10.7. The molecule has 0 unspecified atom stereocenters. The number of halogens is 2. The molecule has 0 saturated carbocycles. The lowest BCUT2D eigenvalue weighted by Gasteiger charge is -2.32. The number of hydrogen-bond acceptors (Lipinski definition) is 4. The molecule has 1 atom stereocenters. The van der Waals surface area contributed by atoms with Gasteiger partial charge in [0.15, 0.2) is 0 Å². The third-order valence-electron chi connectivity index (χ3n) is 5.40. The lowest BCUT2D eigenvalue weighted by atomic mass is 10.1. The van der Waals surface area contributed by atoms with Crippen LogP contribution >= 0.6 is 23.2 Å². The van der Waals surface area contributed by atoms with Crippen LogP contribution in [-0.4, -0.2) is 44.8 Å². The summed E-state index contributed by atoms with van der Waals surface area (Å²) in [6.07, 6.45) is 0. The lowest BCUT2D eigenvalue weighted by molar-refractivity contribution is -0.139. The third kappa shape index (κ3) is 6.33. The summed E-state index contributed by atoms with van der Waals surface area (Å²) in [4.78, 5) is 27.4. The standard InChI is InChI=1S/C25H25Cl2N3O4S/c1-18(25(32)28-2)29(16-19-9-5-3-6-10-19)24(31)17-30(23-14-13-20(26)15-22(23)27)35(33,34)21-11-7-4-8-12-21/h3-15,18H,16-17H2,1-2H3,(H,28,32)/t18-/m1/s1. The van der Waals surface area contributed by atoms with Gasteiger partial charge in [0.25, 0.3) is 10.0 Å². The number of likely N-dealkylation sites (N-methyl/N-ethyl adjacent to an activating group) is 1. The first-order chi connectivity index (χ1) is 16.6. The van der Waals surface area contributed by atoms with Crippen LogP contribution in [0.15, 0.2) is 83.8 Å². The molecule has 0 aliphatic carbocycles. The SMILES string of the molecule is CNC(=O)[C@@H](C)N(Cc1ccccc1)C(=O)CN(c1ccc(Cl)cc1Cl)S(=O)(=O)c1ccccc1. The Morgan fingerprint density at radius 2 is 1.54 bits per heavy atom. The van der Waals surface area contributed by atoms with Crippen LogP contribution in [0.1, 0.15) is 12.5 Å². The highest BCUT2D eigenvalue weighted by atomic mass is 35.5. The van der Waals surface area contributed by atoms with E-state index in [1.54, 1.807) is 25.1 Å². The van der Waals surface area contributed by atoms with E-state index in [1.807, 2.05) is 30.3 Å². The minimum absolute atomic E-state index is 0.00669. The van der Waals surface area contributed by atoms with Crippen molar-refractivity contribution < 1.29 is 18.0 Å². The Morgan fingerprint density at radius 1 is 0.943 bits per heavy atom. The second-order valence-corrected chi connectivity index (χ2v) is 10.4. The zero-order chi connectivity index (χ0) is 25.6. The van der Waals surface area contributed by atoms with Crippen molar-refractivity contribution >= 4 is 50.7 Å². The van der Waals surface area contributed by atoms with Crippen LogP contribution in [0, 0.1) is 0 Å². The average molecular weight is 534 g/mol. The molecule has 0 saturated heterocycles. The topological polar surface area (TPSA) is 86.8 Å². The molecule has 35 heavy (non-hydrogen) atoms. The Balaban J connectivity index is 2.05. The summed E-state index contributed by atoms with van der Waals surface area (Å²) in [6.45, 7) is 1.12. The summed E-state index contributed by atoms with van der Waals surface area (Å²) in [5, 5.41) is 2.93. The molecule has 3 aromatic rings. The number of anilines is 1. The Morgan fingerprint density at radius 3 is 2.11 bits per heavy atom. The van der Waals surface area contributed by atoms with Gasteiger partial charge in [0.1, 0.15) is 12.6 Å². The summed E-state index contributed by atoms with van der Waals surface area (Å²) in [5.41, 5.74) is 0.888. The predicted octanol–water partition coefficient (Wildman–Crippen LogP) is 4.35. The van der Waals surface area contributed by atoms with Crippen LogP contribution in [-0.2, 0) is 26.2 Å². The zero-order valence-electron chi connectivity index (χ0n) is 19.2. The van der Waals surface area contributed by atoms with Crippen molar-refractivity contribution in [1.29, 1.82) is 0 Å². The van der Waals surface area contributed by atoms with Crippen molar-refractivity contribution in [2.24, 2.45) is 0 Å². The summed E-state index contributed by atoms with van der Waals surface area (Å²) in [5.74, 6) is -0.952. The van der Waals surface area contributed by atoms with E-state index in [9.17, 15) is 18.0 Å². The summed E-state index contributed by atoms with van der Waals surface area (Å²) < 4.78 is 28.2. The highest BCUT2D eigenvalue weighted by molar-refractivity contribution is 7.92. The maximum absolute atomic E-state index is 13.6. The molecule has 10 heteroatoms. The smallest absolute Gasteiger partial charge is 0.264 e. The first kappa shape index (κ1) is 26.5.